The SMILES string of the molecule is CNC(=O)N[N+](=O)[O-]. The Bertz CT molecular complexity index is 111. The lowest BCUT2D eigenvalue weighted by atomic mass is 11.0. The number of amides is 2. The lowest BCUT2D eigenvalue weighted by molar-refractivity contribution is -0.527. The van der Waals surface area contributed by atoms with Crippen LogP contribution in [0.25, 0.3) is 0 Å². The van der Waals surface area contributed by atoms with Crippen LogP contribution < -0.4 is 10.7 Å². The molecular weight excluding hydrogens is 114 g/mol. The molecule has 0 unspecified atom stereocenters. The molecule has 0 heterocycles. The molecule has 2 amide bonds. The zero-order chi connectivity index (χ0) is 6.57. The summed E-state index contributed by atoms with van der Waals surface area (Å²) in [6, 6.07) is -0.824. The molecule has 0 atom stereocenters. The molecule has 0 fully saturated rings. The second-order valence-corrected chi connectivity index (χ2v) is 0.948. The topological polar surface area (TPSA) is 84.3 Å². The summed E-state index contributed by atoms with van der Waals surface area (Å²) in [7, 11) is 1.29. The molecule has 8 heavy (non-hydrogen) atoms. The third-order valence-electron chi connectivity index (χ3n) is 0.420. The van der Waals surface area contributed by atoms with Crippen molar-refractivity contribution in [3.05, 3.63) is 10.1 Å². The summed E-state index contributed by atoms with van der Waals surface area (Å²) in [4.78, 5) is 19.4. The average molecular weight is 119 g/mol. The summed E-state index contributed by atoms with van der Waals surface area (Å²) in [6.45, 7) is 0. The van der Waals surface area contributed by atoms with Gasteiger partial charge >= 0.3 is 6.03 Å². The molecule has 0 aromatic heterocycles. The molecule has 0 saturated heterocycles. The van der Waals surface area contributed by atoms with Gasteiger partial charge in [-0.1, -0.05) is 5.43 Å². The Labute approximate surface area is 45.0 Å². The van der Waals surface area contributed by atoms with Crippen LogP contribution in [0.2, 0.25) is 0 Å². The molecule has 0 spiro atoms. The molecule has 0 aromatic rings. The Kier molecular flexibility index (Phi) is 2.32. The van der Waals surface area contributed by atoms with E-state index in [4.69, 9.17) is 0 Å². The van der Waals surface area contributed by atoms with Crippen LogP contribution in [0.4, 0.5) is 4.79 Å². The zero-order valence-electron chi connectivity index (χ0n) is 4.17. The maximum Gasteiger partial charge on any atom is 0.372 e. The van der Waals surface area contributed by atoms with E-state index in [2.05, 4.69) is 0 Å². The molecule has 46 valence electrons. The van der Waals surface area contributed by atoms with E-state index in [1.165, 1.54) is 12.5 Å². The third kappa shape index (κ3) is 2.88. The van der Waals surface area contributed by atoms with Crippen molar-refractivity contribution in [2.75, 3.05) is 7.05 Å². The summed E-state index contributed by atoms with van der Waals surface area (Å²) in [5, 5.41) is 10.5. The van der Waals surface area contributed by atoms with Gasteiger partial charge in [-0.05, 0) is 0 Å². The van der Waals surface area contributed by atoms with Gasteiger partial charge in [-0.2, -0.15) is 0 Å². The van der Waals surface area contributed by atoms with E-state index >= 15 is 0 Å². The maximum atomic E-state index is 9.96. The minimum atomic E-state index is -0.932. The number of carbonyl (C=O) groups excluding carboxylic acids is 1. The molecule has 6 nitrogen and oxygen atoms in total. The molecule has 6 heteroatoms. The first kappa shape index (κ1) is 6.67. The van der Waals surface area contributed by atoms with E-state index in [-0.39, 0.29) is 0 Å². The summed E-state index contributed by atoms with van der Waals surface area (Å²) in [5.74, 6) is 0. The van der Waals surface area contributed by atoms with Gasteiger partial charge in [0.25, 0.3) is 0 Å². The Morgan fingerprint density at radius 3 is 2.38 bits per heavy atom. The Balaban J connectivity index is 3.40. The van der Waals surface area contributed by atoms with Gasteiger partial charge in [0.2, 0.25) is 0 Å². The highest BCUT2D eigenvalue weighted by Crippen LogP contribution is 1.58. The summed E-state index contributed by atoms with van der Waals surface area (Å²) < 4.78 is 0. The van der Waals surface area contributed by atoms with Gasteiger partial charge in [0, 0.05) is 7.05 Å². The molecule has 0 aliphatic heterocycles. The molecule has 0 radical (unpaired) electrons. The molecule has 0 saturated carbocycles. The van der Waals surface area contributed by atoms with Gasteiger partial charge in [-0.15, -0.1) is 0 Å². The van der Waals surface area contributed by atoms with Gasteiger partial charge in [0.05, 0.1) is 0 Å². The summed E-state index contributed by atoms with van der Waals surface area (Å²) in [5.41, 5.74) is 1.36. The fourth-order valence-corrected chi connectivity index (χ4v) is 0.139. The Morgan fingerprint density at radius 2 is 2.25 bits per heavy atom. The molecule has 0 aliphatic rings. The summed E-state index contributed by atoms with van der Waals surface area (Å²) >= 11 is 0. The number of carbonyl (C=O) groups is 1. The molecule has 0 bridgehead atoms. The van der Waals surface area contributed by atoms with Crippen LogP contribution in [0.3, 0.4) is 0 Å². The van der Waals surface area contributed by atoms with E-state index in [1.807, 2.05) is 5.32 Å². The van der Waals surface area contributed by atoms with Gasteiger partial charge in [0.1, 0.15) is 0 Å². The first-order valence-electron chi connectivity index (χ1n) is 1.79. The first-order valence-corrected chi connectivity index (χ1v) is 1.79. The largest absolute Gasteiger partial charge is 0.372 e. The van der Waals surface area contributed by atoms with Crippen LogP contribution in [0.15, 0.2) is 0 Å². The van der Waals surface area contributed by atoms with Crippen molar-refractivity contribution in [2.45, 2.75) is 0 Å². The highest BCUT2D eigenvalue weighted by molar-refractivity contribution is 5.71. The molecule has 0 rings (SSSR count). The third-order valence-corrected chi connectivity index (χ3v) is 0.420. The molecular formula is C2H5N3O3. The predicted octanol–water partition coefficient (Wildman–Crippen LogP) is -0.893. The van der Waals surface area contributed by atoms with Gasteiger partial charge < -0.3 is 5.32 Å². The highest BCUT2D eigenvalue weighted by Gasteiger charge is 2.00. The Hall–Kier alpha value is -1.33. The van der Waals surface area contributed by atoms with Crippen molar-refractivity contribution < 1.29 is 9.83 Å². The highest BCUT2D eigenvalue weighted by atomic mass is 16.7. The van der Waals surface area contributed by atoms with Crippen LogP contribution in [-0.2, 0) is 0 Å². The zero-order valence-corrected chi connectivity index (χ0v) is 4.17. The monoisotopic (exact) mass is 119 g/mol. The quantitative estimate of drug-likeness (QED) is 0.346. The number of hydrazine groups is 1. The van der Waals surface area contributed by atoms with E-state index in [9.17, 15) is 14.9 Å². The van der Waals surface area contributed by atoms with Crippen molar-refractivity contribution >= 4 is 6.03 Å². The van der Waals surface area contributed by atoms with Gasteiger partial charge in [-0.25, -0.2) is 14.9 Å². The number of urea groups is 1. The van der Waals surface area contributed by atoms with Crippen LogP contribution >= 0.6 is 0 Å². The van der Waals surface area contributed by atoms with Crippen LogP contribution in [0.5, 0.6) is 0 Å². The van der Waals surface area contributed by atoms with Crippen molar-refractivity contribution in [3.8, 4) is 0 Å². The van der Waals surface area contributed by atoms with Crippen LogP contribution in [0.1, 0.15) is 0 Å². The van der Waals surface area contributed by atoms with E-state index < -0.39 is 11.1 Å². The molecule has 0 aliphatic carbocycles. The van der Waals surface area contributed by atoms with Crippen molar-refractivity contribution in [1.29, 1.82) is 0 Å². The van der Waals surface area contributed by atoms with Gasteiger partial charge in [0.15, 0.2) is 5.03 Å². The van der Waals surface area contributed by atoms with Crippen molar-refractivity contribution in [3.63, 3.8) is 0 Å². The Morgan fingerprint density at radius 1 is 1.75 bits per heavy atom. The fourth-order valence-electron chi connectivity index (χ4n) is 0.139. The minimum Gasteiger partial charge on any atom is -0.337 e. The maximum absolute atomic E-state index is 9.96. The lowest BCUT2D eigenvalue weighted by Crippen LogP contribution is -2.36. The van der Waals surface area contributed by atoms with E-state index in [0.29, 0.717) is 0 Å². The number of rotatable bonds is 1. The van der Waals surface area contributed by atoms with Crippen LogP contribution in [0, 0.1) is 10.1 Å². The molecule has 0 aromatic carbocycles. The van der Waals surface area contributed by atoms with Crippen LogP contribution in [-0.4, -0.2) is 18.1 Å². The minimum absolute atomic E-state index is 0.824. The van der Waals surface area contributed by atoms with Crippen molar-refractivity contribution in [1.82, 2.24) is 10.7 Å². The number of hydrogen-bond donors (Lipinski definition) is 2. The van der Waals surface area contributed by atoms with Crippen molar-refractivity contribution in [2.24, 2.45) is 0 Å². The average Bonchev–Trinajstić information content (AvgIpc) is 1.65. The number of nitro groups is 1. The number of nitrogens with zero attached hydrogens (tertiary/aromatic N) is 1. The lowest BCUT2D eigenvalue weighted by Gasteiger charge is -1.90. The number of nitrogens with one attached hydrogen (secondary N) is 2. The molecule has 2 N–H and O–H groups in total. The normalized spacial score (nSPS) is 7.62. The van der Waals surface area contributed by atoms with Gasteiger partial charge in [-0.3, -0.25) is 0 Å². The standard InChI is InChI=1S/C2H5N3O3/c1-3-2(6)4-5(7)8/h1H3,(H2,3,4,6). The smallest absolute Gasteiger partial charge is 0.337 e. The summed E-state index contributed by atoms with van der Waals surface area (Å²) in [6.07, 6.45) is 0. The van der Waals surface area contributed by atoms with E-state index in [0.717, 1.165) is 0 Å². The van der Waals surface area contributed by atoms with E-state index in [1.54, 1.807) is 0 Å². The first-order chi connectivity index (χ1) is 3.66. The number of hydrogen-bond acceptors (Lipinski definition) is 3. The second-order valence-electron chi connectivity index (χ2n) is 0.948. The fraction of sp³-hybridized carbons (Fsp3) is 0.500. The second kappa shape index (κ2) is 2.78. The predicted molar refractivity (Wildman–Crippen MR) is 24.6 cm³/mol.